The van der Waals surface area contributed by atoms with Gasteiger partial charge in [0.25, 0.3) is 0 Å². The van der Waals surface area contributed by atoms with Gasteiger partial charge in [0, 0.05) is 38.4 Å². The van der Waals surface area contributed by atoms with Gasteiger partial charge in [-0.1, -0.05) is 0 Å². The minimum Gasteiger partial charge on any atom is -0.476 e. The first-order chi connectivity index (χ1) is 13.0. The Morgan fingerprint density at radius 2 is 2.07 bits per heavy atom. The molecule has 2 aliphatic heterocycles. The van der Waals surface area contributed by atoms with Crippen LogP contribution in [0.4, 0.5) is 13.2 Å². The van der Waals surface area contributed by atoms with Gasteiger partial charge in [0.2, 0.25) is 5.88 Å². The zero-order chi connectivity index (χ0) is 19.3. The molecule has 0 spiro atoms. The quantitative estimate of drug-likeness (QED) is 0.479. The first kappa shape index (κ1) is 19.7. The zero-order valence-corrected chi connectivity index (χ0v) is 15.5. The maximum absolute atomic E-state index is 12.5. The van der Waals surface area contributed by atoms with Crippen molar-refractivity contribution in [1.29, 1.82) is 0 Å². The monoisotopic (exact) mass is 385 g/mol. The Bertz CT molecular complexity index is 629. The Hall–Kier alpha value is -2.03. The van der Waals surface area contributed by atoms with Gasteiger partial charge >= 0.3 is 6.18 Å². The predicted octanol–water partition coefficient (Wildman–Crippen LogP) is 2.22. The van der Waals surface area contributed by atoms with Gasteiger partial charge in [-0.25, -0.2) is 4.98 Å². The van der Waals surface area contributed by atoms with Crippen LogP contribution in [0, 0.1) is 0 Å². The third kappa shape index (κ3) is 5.24. The Morgan fingerprint density at radius 3 is 2.70 bits per heavy atom. The molecule has 1 atom stereocenters. The molecule has 2 saturated heterocycles. The number of ether oxygens (including phenoxy) is 1. The lowest BCUT2D eigenvalue weighted by atomic mass is 10.2. The lowest BCUT2D eigenvalue weighted by Crippen LogP contribution is -2.43. The molecule has 6 nitrogen and oxygen atoms in total. The first-order valence-corrected chi connectivity index (χ1v) is 9.33. The van der Waals surface area contributed by atoms with Gasteiger partial charge in [0.1, 0.15) is 6.61 Å². The van der Waals surface area contributed by atoms with Crippen LogP contribution in [0.1, 0.15) is 24.8 Å². The van der Waals surface area contributed by atoms with Gasteiger partial charge < -0.3 is 15.0 Å². The number of aromatic nitrogens is 1. The smallest absolute Gasteiger partial charge is 0.417 e. The van der Waals surface area contributed by atoms with Crippen molar-refractivity contribution >= 4 is 5.96 Å². The summed E-state index contributed by atoms with van der Waals surface area (Å²) in [6.45, 7) is 5.13. The van der Waals surface area contributed by atoms with Gasteiger partial charge in [-0.15, -0.1) is 0 Å². The van der Waals surface area contributed by atoms with E-state index in [2.05, 4.69) is 25.1 Å². The van der Waals surface area contributed by atoms with Crippen LogP contribution < -0.4 is 10.1 Å². The SMILES string of the molecule is CN=C(NCCOc1ccc(C(F)(F)F)cn1)N1CCC(N2CCCC2)C1. The molecule has 0 aliphatic carbocycles. The molecule has 2 aliphatic rings. The highest BCUT2D eigenvalue weighted by Gasteiger charge is 2.31. The van der Waals surface area contributed by atoms with E-state index in [4.69, 9.17) is 4.74 Å². The Morgan fingerprint density at radius 1 is 1.30 bits per heavy atom. The maximum Gasteiger partial charge on any atom is 0.417 e. The number of likely N-dealkylation sites (tertiary alicyclic amines) is 2. The van der Waals surface area contributed by atoms with Crippen LogP contribution in [-0.4, -0.2) is 73.2 Å². The fourth-order valence-electron chi connectivity index (χ4n) is 3.62. The molecule has 27 heavy (non-hydrogen) atoms. The topological polar surface area (TPSA) is 53.0 Å². The van der Waals surface area contributed by atoms with E-state index in [0.29, 0.717) is 19.2 Å². The van der Waals surface area contributed by atoms with Gasteiger partial charge in [0.15, 0.2) is 5.96 Å². The summed E-state index contributed by atoms with van der Waals surface area (Å²) < 4.78 is 43.0. The van der Waals surface area contributed by atoms with E-state index in [9.17, 15) is 13.2 Å². The van der Waals surface area contributed by atoms with E-state index in [0.717, 1.165) is 37.7 Å². The van der Waals surface area contributed by atoms with E-state index >= 15 is 0 Å². The zero-order valence-electron chi connectivity index (χ0n) is 15.5. The highest BCUT2D eigenvalue weighted by atomic mass is 19.4. The van der Waals surface area contributed by atoms with E-state index in [1.165, 1.54) is 32.0 Å². The second-order valence-corrected chi connectivity index (χ2v) is 6.84. The molecule has 0 saturated carbocycles. The predicted molar refractivity (Wildman–Crippen MR) is 96.9 cm³/mol. The summed E-state index contributed by atoms with van der Waals surface area (Å²) in [6.07, 6.45) is 0.122. The molecular formula is C18H26F3N5O. The van der Waals surface area contributed by atoms with E-state index < -0.39 is 11.7 Å². The number of halogens is 3. The van der Waals surface area contributed by atoms with Crippen molar-refractivity contribution in [2.24, 2.45) is 4.99 Å². The molecule has 0 aromatic carbocycles. The summed E-state index contributed by atoms with van der Waals surface area (Å²) in [4.78, 5) is 12.8. The fraction of sp³-hybridized carbons (Fsp3) is 0.667. The number of nitrogens with zero attached hydrogens (tertiary/aromatic N) is 4. The van der Waals surface area contributed by atoms with Crippen LogP contribution in [0.2, 0.25) is 0 Å². The molecule has 0 radical (unpaired) electrons. The Labute approximate surface area is 157 Å². The third-order valence-corrected chi connectivity index (χ3v) is 5.03. The number of aliphatic imine (C=N–C) groups is 1. The normalized spacial score (nSPS) is 21.7. The maximum atomic E-state index is 12.5. The van der Waals surface area contributed by atoms with Gasteiger partial charge in [0.05, 0.1) is 12.1 Å². The molecule has 1 aromatic heterocycles. The molecule has 3 heterocycles. The average molecular weight is 385 g/mol. The molecule has 0 bridgehead atoms. The third-order valence-electron chi connectivity index (χ3n) is 5.03. The van der Waals surface area contributed by atoms with Gasteiger partial charge in [-0.05, 0) is 38.4 Å². The summed E-state index contributed by atoms with van der Waals surface area (Å²) in [6, 6.07) is 2.80. The molecule has 3 rings (SSSR count). The van der Waals surface area contributed by atoms with Crippen LogP contribution in [0.5, 0.6) is 5.88 Å². The summed E-state index contributed by atoms with van der Waals surface area (Å²) in [5.41, 5.74) is -0.782. The van der Waals surface area contributed by atoms with Crippen molar-refractivity contribution in [2.75, 3.05) is 46.4 Å². The molecule has 1 aromatic rings. The second kappa shape index (κ2) is 8.77. The molecule has 9 heteroatoms. The van der Waals surface area contributed by atoms with Crippen molar-refractivity contribution in [3.8, 4) is 5.88 Å². The Kier molecular flexibility index (Phi) is 6.41. The van der Waals surface area contributed by atoms with Gasteiger partial charge in [-0.3, -0.25) is 9.89 Å². The summed E-state index contributed by atoms with van der Waals surface area (Å²) >= 11 is 0. The van der Waals surface area contributed by atoms with Crippen molar-refractivity contribution in [2.45, 2.75) is 31.5 Å². The molecule has 2 fully saturated rings. The van der Waals surface area contributed by atoms with Crippen molar-refractivity contribution in [3.05, 3.63) is 23.9 Å². The van der Waals surface area contributed by atoms with Crippen molar-refractivity contribution in [3.63, 3.8) is 0 Å². The number of nitrogens with one attached hydrogen (secondary N) is 1. The number of pyridine rings is 1. The van der Waals surface area contributed by atoms with Crippen LogP contribution in [0.25, 0.3) is 0 Å². The molecule has 0 amide bonds. The average Bonchev–Trinajstić information content (AvgIpc) is 3.33. The fourth-order valence-corrected chi connectivity index (χ4v) is 3.62. The standard InChI is InChI=1S/C18H26F3N5O/c1-22-17(26-10-6-15(13-26)25-8-2-3-9-25)23-7-11-27-16-5-4-14(12-24-16)18(19,20)21/h4-5,12,15H,2-3,6-11,13H2,1H3,(H,22,23). The van der Waals surface area contributed by atoms with E-state index in [1.807, 2.05) is 0 Å². The first-order valence-electron chi connectivity index (χ1n) is 9.33. The number of hydrogen-bond donors (Lipinski definition) is 1. The van der Waals surface area contributed by atoms with Crippen LogP contribution in [0.15, 0.2) is 23.3 Å². The summed E-state index contributed by atoms with van der Waals surface area (Å²) in [7, 11) is 1.75. The summed E-state index contributed by atoms with van der Waals surface area (Å²) in [5, 5.41) is 3.25. The highest BCUT2D eigenvalue weighted by molar-refractivity contribution is 5.80. The van der Waals surface area contributed by atoms with Crippen LogP contribution in [-0.2, 0) is 6.18 Å². The molecular weight excluding hydrogens is 359 g/mol. The largest absolute Gasteiger partial charge is 0.476 e. The van der Waals surface area contributed by atoms with Crippen LogP contribution in [0.3, 0.4) is 0 Å². The lowest BCUT2D eigenvalue weighted by molar-refractivity contribution is -0.137. The number of guanidine groups is 1. The van der Waals surface area contributed by atoms with Crippen molar-refractivity contribution < 1.29 is 17.9 Å². The van der Waals surface area contributed by atoms with Crippen molar-refractivity contribution in [1.82, 2.24) is 20.1 Å². The minimum atomic E-state index is -4.39. The molecule has 150 valence electrons. The number of alkyl halides is 3. The second-order valence-electron chi connectivity index (χ2n) is 6.84. The van der Waals surface area contributed by atoms with E-state index in [-0.39, 0.29) is 5.88 Å². The number of rotatable bonds is 5. The molecule has 1 N–H and O–H groups in total. The van der Waals surface area contributed by atoms with Gasteiger partial charge in [-0.2, -0.15) is 13.2 Å². The lowest BCUT2D eigenvalue weighted by Gasteiger charge is -2.25. The summed E-state index contributed by atoms with van der Waals surface area (Å²) in [5.74, 6) is 1.01. The van der Waals surface area contributed by atoms with E-state index in [1.54, 1.807) is 7.05 Å². The minimum absolute atomic E-state index is 0.176. The highest BCUT2D eigenvalue weighted by Crippen LogP contribution is 2.29. The number of hydrogen-bond acceptors (Lipinski definition) is 4. The van der Waals surface area contributed by atoms with Crippen LogP contribution >= 0.6 is 0 Å². The Balaban J connectivity index is 1.40. The molecule has 1 unspecified atom stereocenters.